The predicted octanol–water partition coefficient (Wildman–Crippen LogP) is 3.92. The molecule has 0 saturated carbocycles. The quantitative estimate of drug-likeness (QED) is 0.772. The van der Waals surface area contributed by atoms with Crippen molar-refractivity contribution in [3.8, 4) is 10.4 Å². The molecule has 2 heterocycles. The van der Waals surface area contributed by atoms with Gasteiger partial charge in [0.25, 0.3) is 5.91 Å². The summed E-state index contributed by atoms with van der Waals surface area (Å²) in [5.74, 6) is -0.360. The number of pyridine rings is 1. The van der Waals surface area contributed by atoms with Crippen LogP contribution < -0.4 is 5.32 Å². The molecule has 0 aliphatic heterocycles. The Morgan fingerprint density at radius 3 is 2.74 bits per heavy atom. The number of hydrogen-bond donors (Lipinski definition) is 1. The zero-order valence-corrected chi connectivity index (χ0v) is 13.1. The minimum atomic E-state index is -0.255. The van der Waals surface area contributed by atoms with E-state index in [9.17, 15) is 9.18 Å². The van der Waals surface area contributed by atoms with Crippen molar-refractivity contribution in [3.05, 3.63) is 77.2 Å². The number of benzene rings is 1. The number of halogens is 1. The molecule has 0 atom stereocenters. The number of rotatable bonds is 5. The van der Waals surface area contributed by atoms with E-state index in [-0.39, 0.29) is 11.7 Å². The molecule has 1 aromatic carbocycles. The average molecular weight is 326 g/mol. The van der Waals surface area contributed by atoms with Crippen molar-refractivity contribution < 1.29 is 9.18 Å². The summed E-state index contributed by atoms with van der Waals surface area (Å²) in [4.78, 5) is 17.8. The normalized spacial score (nSPS) is 10.5. The topological polar surface area (TPSA) is 42.0 Å². The first-order chi connectivity index (χ1) is 11.2. The van der Waals surface area contributed by atoms with Crippen molar-refractivity contribution in [2.24, 2.45) is 0 Å². The Hall–Kier alpha value is -2.53. The van der Waals surface area contributed by atoms with Crippen molar-refractivity contribution in [2.75, 3.05) is 6.54 Å². The van der Waals surface area contributed by atoms with Crippen LogP contribution in [-0.4, -0.2) is 17.4 Å². The van der Waals surface area contributed by atoms with Crippen LogP contribution in [0.15, 0.2) is 60.9 Å². The van der Waals surface area contributed by atoms with Crippen molar-refractivity contribution in [1.82, 2.24) is 10.3 Å². The molecule has 3 aromatic rings. The second kappa shape index (κ2) is 7.15. The van der Waals surface area contributed by atoms with Gasteiger partial charge in [-0.3, -0.25) is 9.78 Å². The molecule has 1 N–H and O–H groups in total. The number of carbonyl (C=O) groups excluding carboxylic acids is 1. The summed E-state index contributed by atoms with van der Waals surface area (Å²) in [5.41, 5.74) is 1.91. The van der Waals surface area contributed by atoms with Gasteiger partial charge in [0.05, 0.1) is 4.88 Å². The summed E-state index contributed by atoms with van der Waals surface area (Å²) in [6, 6.07) is 14.0. The predicted molar refractivity (Wildman–Crippen MR) is 90.0 cm³/mol. The molecule has 0 fully saturated rings. The molecule has 3 rings (SSSR count). The van der Waals surface area contributed by atoms with E-state index < -0.39 is 0 Å². The third-order valence-corrected chi connectivity index (χ3v) is 4.52. The van der Waals surface area contributed by atoms with Crippen LogP contribution in [0.25, 0.3) is 10.4 Å². The number of amides is 1. The van der Waals surface area contributed by atoms with Gasteiger partial charge in [0.1, 0.15) is 5.82 Å². The monoisotopic (exact) mass is 326 g/mol. The van der Waals surface area contributed by atoms with Gasteiger partial charge in [-0.25, -0.2) is 4.39 Å². The van der Waals surface area contributed by atoms with Gasteiger partial charge in [0.15, 0.2) is 0 Å². The number of carbonyl (C=O) groups is 1. The van der Waals surface area contributed by atoms with E-state index in [0.717, 1.165) is 16.0 Å². The Bertz CT molecular complexity index is 802. The van der Waals surface area contributed by atoms with E-state index in [1.54, 1.807) is 18.5 Å². The molecule has 5 heteroatoms. The van der Waals surface area contributed by atoms with Crippen LogP contribution in [0.3, 0.4) is 0 Å². The average Bonchev–Trinajstić information content (AvgIpc) is 3.06. The lowest BCUT2D eigenvalue weighted by Gasteiger charge is -2.04. The second-order valence-corrected chi connectivity index (χ2v) is 6.12. The van der Waals surface area contributed by atoms with Gasteiger partial charge < -0.3 is 5.32 Å². The third-order valence-electron chi connectivity index (χ3n) is 3.38. The maximum atomic E-state index is 13.1. The molecule has 23 heavy (non-hydrogen) atoms. The van der Waals surface area contributed by atoms with E-state index in [4.69, 9.17) is 0 Å². The smallest absolute Gasteiger partial charge is 0.261 e. The number of thiophene rings is 1. The highest BCUT2D eigenvalue weighted by Gasteiger charge is 2.09. The van der Waals surface area contributed by atoms with Crippen LogP contribution in [-0.2, 0) is 6.42 Å². The lowest BCUT2D eigenvalue weighted by Crippen LogP contribution is -2.24. The van der Waals surface area contributed by atoms with Crippen LogP contribution in [0.5, 0.6) is 0 Å². The van der Waals surface area contributed by atoms with Gasteiger partial charge in [0, 0.05) is 23.8 Å². The number of nitrogens with zero attached hydrogens (tertiary/aromatic N) is 1. The standard InChI is InChI=1S/C18H15FN2OS/c19-15-3-1-2-13(12-15)6-11-21-18(22)17-5-4-16(23-17)14-7-9-20-10-8-14/h1-5,7-10,12H,6,11H2,(H,21,22). The molecular weight excluding hydrogens is 311 g/mol. The first-order valence-electron chi connectivity index (χ1n) is 7.25. The van der Waals surface area contributed by atoms with Gasteiger partial charge in [0.2, 0.25) is 0 Å². The fraction of sp³-hybridized carbons (Fsp3) is 0.111. The molecule has 2 aromatic heterocycles. The molecule has 0 unspecified atom stereocenters. The molecule has 0 aliphatic rings. The maximum absolute atomic E-state index is 13.1. The van der Waals surface area contributed by atoms with E-state index in [0.29, 0.717) is 17.8 Å². The van der Waals surface area contributed by atoms with Crippen LogP contribution in [0, 0.1) is 5.82 Å². The minimum absolute atomic E-state index is 0.105. The zero-order chi connectivity index (χ0) is 16.1. The highest BCUT2D eigenvalue weighted by molar-refractivity contribution is 7.17. The molecule has 1 amide bonds. The molecular formula is C18H15FN2OS. The Kier molecular flexibility index (Phi) is 4.78. The van der Waals surface area contributed by atoms with Gasteiger partial charge in [-0.05, 0) is 53.9 Å². The summed E-state index contributed by atoms with van der Waals surface area (Å²) >= 11 is 1.44. The molecule has 0 radical (unpaired) electrons. The maximum Gasteiger partial charge on any atom is 0.261 e. The highest BCUT2D eigenvalue weighted by Crippen LogP contribution is 2.27. The molecule has 0 bridgehead atoms. The SMILES string of the molecule is O=C(NCCc1cccc(F)c1)c1ccc(-c2ccncc2)s1. The third kappa shape index (κ3) is 4.02. The number of hydrogen-bond acceptors (Lipinski definition) is 3. The number of nitrogens with one attached hydrogen (secondary N) is 1. The number of aromatic nitrogens is 1. The van der Waals surface area contributed by atoms with Crippen molar-refractivity contribution in [1.29, 1.82) is 0 Å². The van der Waals surface area contributed by atoms with Gasteiger partial charge >= 0.3 is 0 Å². The molecule has 3 nitrogen and oxygen atoms in total. The van der Waals surface area contributed by atoms with Crippen molar-refractivity contribution >= 4 is 17.2 Å². The van der Waals surface area contributed by atoms with Gasteiger partial charge in [-0.1, -0.05) is 12.1 Å². The van der Waals surface area contributed by atoms with Crippen molar-refractivity contribution in [3.63, 3.8) is 0 Å². The largest absolute Gasteiger partial charge is 0.351 e. The van der Waals surface area contributed by atoms with E-state index >= 15 is 0 Å². The summed E-state index contributed by atoms with van der Waals surface area (Å²) in [6.45, 7) is 0.477. The lowest BCUT2D eigenvalue weighted by molar-refractivity contribution is 0.0958. The van der Waals surface area contributed by atoms with E-state index in [2.05, 4.69) is 10.3 Å². The molecule has 0 saturated heterocycles. The Morgan fingerprint density at radius 2 is 1.96 bits per heavy atom. The summed E-state index contributed by atoms with van der Waals surface area (Å²) < 4.78 is 13.1. The van der Waals surface area contributed by atoms with Crippen LogP contribution >= 0.6 is 11.3 Å². The highest BCUT2D eigenvalue weighted by atomic mass is 32.1. The summed E-state index contributed by atoms with van der Waals surface area (Å²) in [6.07, 6.45) is 4.06. The molecule has 0 aliphatic carbocycles. The second-order valence-electron chi connectivity index (χ2n) is 5.04. The summed E-state index contributed by atoms with van der Waals surface area (Å²) in [7, 11) is 0. The summed E-state index contributed by atoms with van der Waals surface area (Å²) in [5, 5.41) is 2.87. The fourth-order valence-corrected chi connectivity index (χ4v) is 3.16. The molecule has 116 valence electrons. The van der Waals surface area contributed by atoms with Crippen LogP contribution in [0.1, 0.15) is 15.2 Å². The minimum Gasteiger partial charge on any atom is -0.351 e. The van der Waals surface area contributed by atoms with Gasteiger partial charge in [-0.2, -0.15) is 0 Å². The molecule has 0 spiro atoms. The van der Waals surface area contributed by atoms with E-state index in [1.165, 1.54) is 23.5 Å². The Balaban J connectivity index is 1.58. The van der Waals surface area contributed by atoms with Crippen molar-refractivity contribution in [2.45, 2.75) is 6.42 Å². The Labute approximate surface area is 137 Å². The first kappa shape index (κ1) is 15.4. The lowest BCUT2D eigenvalue weighted by atomic mass is 10.1. The Morgan fingerprint density at radius 1 is 1.13 bits per heavy atom. The first-order valence-corrected chi connectivity index (χ1v) is 8.07. The van der Waals surface area contributed by atoms with E-state index in [1.807, 2.05) is 30.3 Å². The fourth-order valence-electron chi connectivity index (χ4n) is 2.23. The zero-order valence-electron chi connectivity index (χ0n) is 12.3. The van der Waals surface area contributed by atoms with Crippen LogP contribution in [0.2, 0.25) is 0 Å². The van der Waals surface area contributed by atoms with Crippen LogP contribution in [0.4, 0.5) is 4.39 Å². The van der Waals surface area contributed by atoms with Gasteiger partial charge in [-0.15, -0.1) is 11.3 Å².